The lowest BCUT2D eigenvalue weighted by Crippen LogP contribution is -2.36. The topological polar surface area (TPSA) is 103 Å². The van der Waals surface area contributed by atoms with E-state index in [4.69, 9.17) is 4.74 Å². The van der Waals surface area contributed by atoms with Gasteiger partial charge in [0, 0.05) is 55.7 Å². The van der Waals surface area contributed by atoms with E-state index in [1.54, 1.807) is 19.2 Å². The first-order valence-electron chi connectivity index (χ1n) is 14.0. The summed E-state index contributed by atoms with van der Waals surface area (Å²) in [5.41, 5.74) is 3.71. The number of ether oxygens (including phenoxy) is 1. The van der Waals surface area contributed by atoms with E-state index in [1.165, 1.54) is 12.3 Å². The lowest BCUT2D eigenvalue weighted by atomic mass is 10.1. The largest absolute Gasteiger partial charge is 0.494 e. The number of amides is 1. The SMILES string of the molecule is C=CC(=O)Nc1cc(Nc2nccc(C(=O)c3ccc(N(C(C)C)C(C)C)cc3)n2)c(OC)cc1N(C)CCN(C)C. The van der Waals surface area contributed by atoms with Crippen LogP contribution in [0.5, 0.6) is 5.75 Å². The minimum atomic E-state index is -0.340. The van der Waals surface area contributed by atoms with E-state index >= 15 is 0 Å². The zero-order chi connectivity index (χ0) is 31.0. The average Bonchev–Trinajstić information content (AvgIpc) is 2.95. The van der Waals surface area contributed by atoms with Crippen LogP contribution in [0.4, 0.5) is 28.7 Å². The second-order valence-electron chi connectivity index (χ2n) is 10.8. The molecule has 1 heterocycles. The Bertz CT molecular complexity index is 1380. The molecule has 0 saturated heterocycles. The first-order chi connectivity index (χ1) is 19.9. The Kier molecular flexibility index (Phi) is 11.0. The molecule has 0 aliphatic rings. The van der Waals surface area contributed by atoms with Crippen molar-refractivity contribution >= 4 is 40.4 Å². The van der Waals surface area contributed by atoms with Crippen molar-refractivity contribution in [2.24, 2.45) is 0 Å². The molecule has 224 valence electrons. The molecular weight excluding hydrogens is 530 g/mol. The van der Waals surface area contributed by atoms with E-state index < -0.39 is 0 Å². The number of nitrogens with zero attached hydrogens (tertiary/aromatic N) is 5. The highest BCUT2D eigenvalue weighted by molar-refractivity contribution is 6.08. The number of rotatable bonds is 14. The van der Waals surface area contributed by atoms with Gasteiger partial charge in [-0.3, -0.25) is 9.59 Å². The minimum Gasteiger partial charge on any atom is -0.494 e. The molecule has 42 heavy (non-hydrogen) atoms. The maximum Gasteiger partial charge on any atom is 0.247 e. The summed E-state index contributed by atoms with van der Waals surface area (Å²) >= 11 is 0. The van der Waals surface area contributed by atoms with Crippen molar-refractivity contribution in [3.63, 3.8) is 0 Å². The number of hydrogen-bond acceptors (Lipinski definition) is 9. The molecule has 0 spiro atoms. The van der Waals surface area contributed by atoms with Gasteiger partial charge in [-0.1, -0.05) is 6.58 Å². The summed E-state index contributed by atoms with van der Waals surface area (Å²) in [6.07, 6.45) is 2.75. The molecule has 10 nitrogen and oxygen atoms in total. The molecule has 0 atom stereocenters. The summed E-state index contributed by atoms with van der Waals surface area (Å²) in [6.45, 7) is 13.7. The number of likely N-dealkylation sites (N-methyl/N-ethyl adjacent to an activating group) is 2. The number of carbonyl (C=O) groups excluding carboxylic acids is 2. The Morgan fingerprint density at radius 2 is 1.64 bits per heavy atom. The third-order valence-corrected chi connectivity index (χ3v) is 6.73. The smallest absolute Gasteiger partial charge is 0.247 e. The normalized spacial score (nSPS) is 11.0. The zero-order valence-corrected chi connectivity index (χ0v) is 25.9. The lowest BCUT2D eigenvalue weighted by Gasteiger charge is -2.33. The molecule has 3 aromatic rings. The van der Waals surface area contributed by atoms with E-state index in [9.17, 15) is 9.59 Å². The van der Waals surface area contributed by atoms with E-state index in [2.05, 4.69) is 64.7 Å². The Balaban J connectivity index is 1.91. The lowest BCUT2D eigenvalue weighted by molar-refractivity contribution is -0.111. The van der Waals surface area contributed by atoms with Crippen LogP contribution in [-0.4, -0.2) is 80.0 Å². The van der Waals surface area contributed by atoms with Crippen molar-refractivity contribution in [3.05, 3.63) is 72.6 Å². The summed E-state index contributed by atoms with van der Waals surface area (Å²) in [5, 5.41) is 6.03. The van der Waals surface area contributed by atoms with Gasteiger partial charge in [-0.25, -0.2) is 9.97 Å². The Hall–Kier alpha value is -4.44. The van der Waals surface area contributed by atoms with Crippen LogP contribution in [0.3, 0.4) is 0 Å². The Morgan fingerprint density at radius 3 is 2.21 bits per heavy atom. The van der Waals surface area contributed by atoms with E-state index in [-0.39, 0.29) is 23.3 Å². The van der Waals surface area contributed by atoms with E-state index in [1.807, 2.05) is 56.4 Å². The molecule has 10 heteroatoms. The van der Waals surface area contributed by atoms with Crippen molar-refractivity contribution in [2.75, 3.05) is 61.8 Å². The number of benzene rings is 2. The highest BCUT2D eigenvalue weighted by Crippen LogP contribution is 2.38. The summed E-state index contributed by atoms with van der Waals surface area (Å²) < 4.78 is 5.67. The van der Waals surface area contributed by atoms with Crippen molar-refractivity contribution in [3.8, 4) is 5.75 Å². The molecule has 0 saturated carbocycles. The molecule has 0 aliphatic heterocycles. The van der Waals surface area contributed by atoms with Crippen LogP contribution in [0, 0.1) is 0 Å². The maximum absolute atomic E-state index is 13.3. The number of carbonyl (C=O) groups is 2. The van der Waals surface area contributed by atoms with Crippen molar-refractivity contribution in [2.45, 2.75) is 39.8 Å². The van der Waals surface area contributed by atoms with Crippen LogP contribution in [0.15, 0.2) is 61.3 Å². The molecule has 3 rings (SSSR count). The molecule has 1 amide bonds. The van der Waals surface area contributed by atoms with Crippen LogP contribution in [0.25, 0.3) is 0 Å². The molecule has 0 fully saturated rings. The van der Waals surface area contributed by atoms with Gasteiger partial charge in [0.25, 0.3) is 0 Å². The zero-order valence-electron chi connectivity index (χ0n) is 25.9. The Morgan fingerprint density at radius 1 is 0.976 bits per heavy atom. The summed E-state index contributed by atoms with van der Waals surface area (Å²) in [5.74, 6) is 0.190. The predicted octanol–water partition coefficient (Wildman–Crippen LogP) is 5.21. The average molecular weight is 574 g/mol. The summed E-state index contributed by atoms with van der Waals surface area (Å²) in [6, 6.07) is 13.4. The predicted molar refractivity (Wildman–Crippen MR) is 172 cm³/mol. The third-order valence-electron chi connectivity index (χ3n) is 6.73. The van der Waals surface area contributed by atoms with Gasteiger partial charge in [0.15, 0.2) is 0 Å². The highest BCUT2D eigenvalue weighted by atomic mass is 16.5. The van der Waals surface area contributed by atoms with Gasteiger partial charge in [0.2, 0.25) is 17.6 Å². The fourth-order valence-corrected chi connectivity index (χ4v) is 4.70. The van der Waals surface area contributed by atoms with Crippen molar-refractivity contribution < 1.29 is 14.3 Å². The van der Waals surface area contributed by atoms with Crippen LogP contribution < -0.4 is 25.2 Å². The minimum absolute atomic E-state index is 0.212. The molecule has 0 unspecified atom stereocenters. The van der Waals surface area contributed by atoms with Crippen LogP contribution in [-0.2, 0) is 4.79 Å². The number of methoxy groups -OCH3 is 1. The first kappa shape index (κ1) is 32.1. The summed E-state index contributed by atoms with van der Waals surface area (Å²) in [4.78, 5) is 40.8. The number of ketones is 1. The number of nitrogens with one attached hydrogen (secondary N) is 2. The van der Waals surface area contributed by atoms with Gasteiger partial charge in [-0.2, -0.15) is 0 Å². The molecule has 0 aliphatic carbocycles. The number of hydrogen-bond donors (Lipinski definition) is 2. The van der Waals surface area contributed by atoms with Gasteiger partial charge < -0.3 is 30.1 Å². The highest BCUT2D eigenvalue weighted by Gasteiger charge is 2.19. The first-order valence-corrected chi connectivity index (χ1v) is 14.0. The maximum atomic E-state index is 13.3. The van der Waals surface area contributed by atoms with Crippen LogP contribution in [0.2, 0.25) is 0 Å². The van der Waals surface area contributed by atoms with Gasteiger partial charge in [-0.15, -0.1) is 0 Å². The molecule has 2 aromatic carbocycles. The summed E-state index contributed by atoms with van der Waals surface area (Å²) in [7, 11) is 7.52. The third kappa shape index (κ3) is 8.07. The fourth-order valence-electron chi connectivity index (χ4n) is 4.70. The number of anilines is 5. The second-order valence-corrected chi connectivity index (χ2v) is 10.8. The van der Waals surface area contributed by atoms with Crippen LogP contribution in [0.1, 0.15) is 43.7 Å². The molecule has 2 N–H and O–H groups in total. The second kappa shape index (κ2) is 14.5. The van der Waals surface area contributed by atoms with E-state index in [0.717, 1.165) is 24.5 Å². The van der Waals surface area contributed by atoms with E-state index in [0.29, 0.717) is 34.8 Å². The van der Waals surface area contributed by atoms with Gasteiger partial charge in [-0.05, 0) is 84.3 Å². The quantitative estimate of drug-likeness (QED) is 0.199. The molecule has 1 aromatic heterocycles. The van der Waals surface area contributed by atoms with Gasteiger partial charge in [0.1, 0.15) is 11.4 Å². The molecule has 0 radical (unpaired) electrons. The standard InChI is InChI=1S/C32H43N7O3/c1-10-30(40)34-26-19-27(29(42-9)20-28(26)38(8)18-17-37(6)7)36-32-33-16-15-25(35-32)31(41)23-11-13-24(14-12-23)39(21(2)3)22(4)5/h10-16,19-22H,1,17-18H2,2-9H3,(H,34,40)(H,33,35,36). The Labute approximate surface area is 249 Å². The van der Waals surface area contributed by atoms with Gasteiger partial charge in [0.05, 0.1) is 24.2 Å². The van der Waals surface area contributed by atoms with Crippen molar-refractivity contribution in [1.29, 1.82) is 0 Å². The number of aromatic nitrogens is 2. The van der Waals surface area contributed by atoms with Gasteiger partial charge >= 0.3 is 0 Å². The van der Waals surface area contributed by atoms with Crippen molar-refractivity contribution in [1.82, 2.24) is 14.9 Å². The molecular formula is C32H43N7O3. The molecule has 0 bridgehead atoms. The fraction of sp³-hybridized carbons (Fsp3) is 0.375. The monoisotopic (exact) mass is 573 g/mol. The van der Waals surface area contributed by atoms with Crippen LogP contribution >= 0.6 is 0 Å².